The van der Waals surface area contributed by atoms with Crippen LogP contribution in [0.5, 0.6) is 11.5 Å². The molecule has 1 aromatic heterocycles. The molecule has 18 heteroatoms. The number of nitrogens with zero attached hydrogens (tertiary/aromatic N) is 5. The topological polar surface area (TPSA) is 177 Å². The average Bonchev–Trinajstić information content (AvgIpc) is 3.67. The molecule has 0 aliphatic rings. The van der Waals surface area contributed by atoms with Gasteiger partial charge in [-0.05, 0) is 116 Å². The first-order valence-electron chi connectivity index (χ1n) is 23.6. The highest BCUT2D eigenvalue weighted by Gasteiger charge is 2.32. The number of nitrogens with one attached hydrogen (secondary N) is 3. The third-order valence-electron chi connectivity index (χ3n) is 11.8. The van der Waals surface area contributed by atoms with Gasteiger partial charge in [-0.1, -0.05) is 47.5 Å². The summed E-state index contributed by atoms with van der Waals surface area (Å²) in [7, 11) is 10.6. The summed E-state index contributed by atoms with van der Waals surface area (Å²) in [5.41, 5.74) is 2.84. The van der Waals surface area contributed by atoms with E-state index >= 15 is 0 Å². The number of rotatable bonds is 26. The molecule has 71 heavy (non-hydrogen) atoms. The molecule has 386 valence electrons. The predicted molar refractivity (Wildman–Crippen MR) is 278 cm³/mol. The lowest BCUT2D eigenvalue weighted by Gasteiger charge is -2.32. The predicted octanol–water partition coefficient (Wildman–Crippen LogP) is 7.20. The molecule has 4 aromatic rings. The first-order valence-corrected chi connectivity index (χ1v) is 24.4. The minimum atomic E-state index is -1.09. The first-order chi connectivity index (χ1) is 33.5. The molecule has 16 nitrogen and oxygen atoms in total. The summed E-state index contributed by atoms with van der Waals surface area (Å²) < 4.78 is 19.3. The standard InChI is InChI=1S/C53H72Cl2N8O8/c1-13-14-38(26-49(65)71-53(4,5)6)51(67)61(9)34(2)29-58-48(64)28-42(25-36-15-20-40(54)21-16-36)62(10)52(68)44(33-69-12)59-50(66)35(3)56-30-39-17-22-41(55)27-46(39)70-43-23-18-37(19-24-43)45-31-57-47(63(45)11)32-60(7)8/h13,15-24,27,31,34-35,38,42,44,56H,1,14,25-26,28-30,32-33H2,2-12H3,(H,58,64)(H,59,66)/t34-,35-,38+,42-,44-/m0/s1. The monoisotopic (exact) mass is 1020 g/mol. The quantitative estimate of drug-likeness (QED) is 0.0428. The number of allylic oxidation sites excluding steroid dienone is 1. The Hall–Kier alpha value is -5.78. The molecule has 0 radical (unpaired) electrons. The van der Waals surface area contributed by atoms with Crippen LogP contribution in [0.4, 0.5) is 0 Å². The highest BCUT2D eigenvalue weighted by molar-refractivity contribution is 6.31. The molecular formula is C53H72Cl2N8O8. The van der Waals surface area contributed by atoms with Crippen molar-refractivity contribution >= 4 is 52.8 Å². The van der Waals surface area contributed by atoms with Gasteiger partial charge in [0.2, 0.25) is 23.6 Å². The number of likely N-dealkylation sites (N-methyl/N-ethyl adjacent to an activating group) is 2. The van der Waals surface area contributed by atoms with Gasteiger partial charge in [0.15, 0.2) is 0 Å². The number of carbonyl (C=O) groups excluding carboxylic acids is 5. The molecule has 0 bridgehead atoms. The number of hydrogen-bond donors (Lipinski definition) is 3. The number of methoxy groups -OCH3 is 1. The maximum atomic E-state index is 14.3. The third kappa shape index (κ3) is 18.1. The highest BCUT2D eigenvalue weighted by atomic mass is 35.5. The van der Waals surface area contributed by atoms with Gasteiger partial charge >= 0.3 is 5.97 Å². The number of hydrogen-bond acceptors (Lipinski definition) is 11. The summed E-state index contributed by atoms with van der Waals surface area (Å²) in [5.74, 6) is -0.677. The molecule has 0 unspecified atom stereocenters. The van der Waals surface area contributed by atoms with Gasteiger partial charge < -0.3 is 49.4 Å². The van der Waals surface area contributed by atoms with E-state index in [0.717, 1.165) is 28.2 Å². The van der Waals surface area contributed by atoms with E-state index in [4.69, 9.17) is 37.4 Å². The number of aromatic nitrogens is 2. The van der Waals surface area contributed by atoms with Crippen molar-refractivity contribution in [2.45, 2.75) is 103 Å². The van der Waals surface area contributed by atoms with E-state index in [1.165, 1.54) is 16.9 Å². The Balaban J connectivity index is 1.40. The van der Waals surface area contributed by atoms with Crippen LogP contribution in [0.3, 0.4) is 0 Å². The molecule has 4 rings (SSSR count). The van der Waals surface area contributed by atoms with Gasteiger partial charge in [-0.2, -0.15) is 0 Å². The van der Waals surface area contributed by atoms with Crippen molar-refractivity contribution in [1.29, 1.82) is 0 Å². The summed E-state index contributed by atoms with van der Waals surface area (Å²) in [6, 6.07) is 17.1. The van der Waals surface area contributed by atoms with E-state index < -0.39 is 53.5 Å². The minimum absolute atomic E-state index is 0.101. The van der Waals surface area contributed by atoms with E-state index in [9.17, 15) is 24.0 Å². The van der Waals surface area contributed by atoms with Crippen LogP contribution in [-0.4, -0.2) is 132 Å². The molecule has 3 aromatic carbocycles. The van der Waals surface area contributed by atoms with E-state index in [2.05, 4.69) is 37.0 Å². The van der Waals surface area contributed by atoms with Gasteiger partial charge in [0, 0.05) is 81.0 Å². The second-order valence-electron chi connectivity index (χ2n) is 19.1. The molecular weight excluding hydrogens is 948 g/mol. The zero-order chi connectivity index (χ0) is 52.6. The molecule has 0 saturated carbocycles. The van der Waals surface area contributed by atoms with Crippen molar-refractivity contribution in [3.8, 4) is 22.8 Å². The van der Waals surface area contributed by atoms with Gasteiger partial charge in [0.05, 0.1) is 43.4 Å². The molecule has 0 aliphatic carbocycles. The smallest absolute Gasteiger partial charge is 0.307 e. The van der Waals surface area contributed by atoms with Crippen LogP contribution < -0.4 is 20.7 Å². The van der Waals surface area contributed by atoms with Gasteiger partial charge in [0.1, 0.15) is 29.0 Å². The molecule has 5 atom stereocenters. The molecule has 3 N–H and O–H groups in total. The van der Waals surface area contributed by atoms with Crippen molar-refractivity contribution in [2.24, 2.45) is 13.0 Å². The molecule has 0 saturated heterocycles. The van der Waals surface area contributed by atoms with Gasteiger partial charge in [-0.3, -0.25) is 24.0 Å². The second-order valence-corrected chi connectivity index (χ2v) is 20.0. The number of imidazole rings is 1. The largest absolute Gasteiger partial charge is 0.460 e. The Morgan fingerprint density at radius 2 is 1.55 bits per heavy atom. The molecule has 0 spiro atoms. The van der Waals surface area contributed by atoms with Crippen LogP contribution in [-0.2, 0) is 60.0 Å². The van der Waals surface area contributed by atoms with Gasteiger partial charge in [0.25, 0.3) is 0 Å². The zero-order valence-corrected chi connectivity index (χ0v) is 44.5. The van der Waals surface area contributed by atoms with Crippen molar-refractivity contribution in [2.75, 3.05) is 48.5 Å². The lowest BCUT2D eigenvalue weighted by Crippen LogP contribution is -2.56. The summed E-state index contributed by atoms with van der Waals surface area (Å²) in [5, 5.41) is 10.0. The fraction of sp³-hybridized carbons (Fsp3) is 0.472. The van der Waals surface area contributed by atoms with E-state index in [0.29, 0.717) is 28.1 Å². The van der Waals surface area contributed by atoms with Gasteiger partial charge in [-0.25, -0.2) is 4.98 Å². The summed E-state index contributed by atoms with van der Waals surface area (Å²) in [6.07, 6.45) is 3.80. The minimum Gasteiger partial charge on any atom is -0.460 e. The van der Waals surface area contributed by atoms with Crippen LogP contribution in [0.2, 0.25) is 10.0 Å². The van der Waals surface area contributed by atoms with Crippen LogP contribution in [0.1, 0.15) is 70.8 Å². The Morgan fingerprint density at radius 1 is 0.887 bits per heavy atom. The maximum Gasteiger partial charge on any atom is 0.307 e. The van der Waals surface area contributed by atoms with Crippen LogP contribution in [0.15, 0.2) is 85.6 Å². The van der Waals surface area contributed by atoms with Crippen molar-refractivity contribution in [1.82, 2.24) is 40.2 Å². The molecule has 1 heterocycles. The normalized spacial score (nSPS) is 13.6. The highest BCUT2D eigenvalue weighted by Crippen LogP contribution is 2.31. The Morgan fingerprint density at radius 3 is 2.17 bits per heavy atom. The third-order valence-corrected chi connectivity index (χ3v) is 12.3. The lowest BCUT2D eigenvalue weighted by molar-refractivity contribution is -0.158. The Kier molecular flexibility index (Phi) is 22.1. The van der Waals surface area contributed by atoms with E-state index in [-0.39, 0.29) is 57.2 Å². The summed E-state index contributed by atoms with van der Waals surface area (Å²) >= 11 is 12.6. The lowest BCUT2D eigenvalue weighted by atomic mass is 9.98. The van der Waals surface area contributed by atoms with E-state index in [1.54, 1.807) is 79.1 Å². The molecule has 4 amide bonds. The summed E-state index contributed by atoms with van der Waals surface area (Å²) in [4.78, 5) is 77.4. The Labute approximate surface area is 429 Å². The van der Waals surface area contributed by atoms with Crippen molar-refractivity contribution in [3.05, 3.63) is 113 Å². The number of amides is 4. The van der Waals surface area contributed by atoms with Crippen LogP contribution in [0, 0.1) is 5.92 Å². The van der Waals surface area contributed by atoms with Crippen LogP contribution >= 0.6 is 23.2 Å². The second kappa shape index (κ2) is 27.2. The average molecular weight is 1020 g/mol. The van der Waals surface area contributed by atoms with E-state index in [1.807, 2.05) is 69.8 Å². The SMILES string of the molecule is C=CC[C@H](CC(=O)OC(C)(C)C)C(=O)N(C)[C@@H](C)CNC(=O)C[C@H](Cc1ccc(Cl)cc1)N(C)C(=O)[C@H](COC)NC(=O)[C@H](C)NCc1ccc(Cl)cc1Oc1ccc(-c2cnc(CN(C)C)n2C)cc1. The summed E-state index contributed by atoms with van der Waals surface area (Å²) in [6.45, 7) is 13.4. The first kappa shape index (κ1) is 57.8. The zero-order valence-electron chi connectivity index (χ0n) is 43.0. The molecule has 0 fully saturated rings. The fourth-order valence-electron chi connectivity index (χ4n) is 7.64. The number of halogens is 2. The van der Waals surface area contributed by atoms with Crippen LogP contribution in [0.25, 0.3) is 11.3 Å². The number of benzene rings is 3. The fourth-order valence-corrected chi connectivity index (χ4v) is 7.93. The van der Waals surface area contributed by atoms with Crippen molar-refractivity contribution < 1.29 is 38.2 Å². The number of ether oxygens (including phenoxy) is 3. The van der Waals surface area contributed by atoms with Gasteiger partial charge in [-0.15, -0.1) is 6.58 Å². The number of carbonyl (C=O) groups is 5. The maximum absolute atomic E-state index is 14.3. The Bertz CT molecular complexity index is 2420. The van der Waals surface area contributed by atoms with Crippen molar-refractivity contribution in [3.63, 3.8) is 0 Å². The number of esters is 1. The molecule has 0 aliphatic heterocycles.